The van der Waals surface area contributed by atoms with Crippen molar-refractivity contribution in [2.75, 3.05) is 14.1 Å². The van der Waals surface area contributed by atoms with Gasteiger partial charge in [0.05, 0.1) is 6.54 Å². The van der Waals surface area contributed by atoms with Gasteiger partial charge >= 0.3 is 5.82 Å². The van der Waals surface area contributed by atoms with E-state index in [1.54, 1.807) is 10.6 Å². The number of hydrogen-bond donors (Lipinski definition) is 0. The lowest BCUT2D eigenvalue weighted by Gasteiger charge is -2.04. The average molecular weight is 238 g/mol. The molecule has 0 bridgehead atoms. The highest BCUT2D eigenvalue weighted by molar-refractivity contribution is 5.43. The maximum Gasteiger partial charge on any atom is 0.343 e. The maximum absolute atomic E-state index is 10.8. The first-order chi connectivity index (χ1) is 8.06. The number of rotatable bonds is 6. The summed E-state index contributed by atoms with van der Waals surface area (Å²) in [6.45, 7) is 2.68. The van der Waals surface area contributed by atoms with Crippen LogP contribution < -0.4 is 0 Å². The molecular weight excluding hydrogens is 220 g/mol. The van der Waals surface area contributed by atoms with Gasteiger partial charge in [0.1, 0.15) is 6.20 Å². The summed E-state index contributed by atoms with van der Waals surface area (Å²) >= 11 is 0. The molecule has 0 saturated heterocycles. The van der Waals surface area contributed by atoms with Crippen LogP contribution in [0.5, 0.6) is 0 Å². The van der Waals surface area contributed by atoms with E-state index in [1.165, 1.54) is 6.20 Å². The molecule has 0 unspecified atom stereocenters. The smallest absolute Gasteiger partial charge is 0.343 e. The van der Waals surface area contributed by atoms with Crippen molar-refractivity contribution in [2.24, 2.45) is 0 Å². The summed E-state index contributed by atoms with van der Waals surface area (Å²) < 4.78 is 1.64. The lowest BCUT2D eigenvalue weighted by molar-refractivity contribution is -0.392. The van der Waals surface area contributed by atoms with E-state index >= 15 is 0 Å². The molecular formula is C11H18N4O2. The predicted octanol–water partition coefficient (Wildman–Crippen LogP) is 2.12. The normalized spacial score (nSPS) is 11.0. The van der Waals surface area contributed by atoms with Gasteiger partial charge in [0, 0.05) is 26.4 Å². The van der Waals surface area contributed by atoms with E-state index in [0.29, 0.717) is 12.4 Å². The molecule has 1 rings (SSSR count). The number of unbranched alkanes of at least 4 members (excludes halogenated alkanes) is 1. The number of imidazole rings is 1. The summed E-state index contributed by atoms with van der Waals surface area (Å²) in [5.41, 5.74) is 0. The minimum atomic E-state index is -0.393. The van der Waals surface area contributed by atoms with Gasteiger partial charge in [-0.25, -0.2) is 9.55 Å². The van der Waals surface area contributed by atoms with Gasteiger partial charge in [-0.15, -0.1) is 0 Å². The van der Waals surface area contributed by atoms with Gasteiger partial charge in [-0.3, -0.25) is 0 Å². The highest BCUT2D eigenvalue weighted by Crippen LogP contribution is 2.16. The van der Waals surface area contributed by atoms with Crippen molar-refractivity contribution >= 4 is 11.9 Å². The molecule has 0 atom stereocenters. The van der Waals surface area contributed by atoms with Gasteiger partial charge in [-0.2, -0.15) is 0 Å². The summed E-state index contributed by atoms with van der Waals surface area (Å²) in [5.74, 6) is 0.677. The van der Waals surface area contributed by atoms with Crippen LogP contribution in [-0.2, 0) is 6.54 Å². The number of hydrogen-bond acceptors (Lipinski definition) is 4. The lowest BCUT2D eigenvalue weighted by atomic mass is 10.3. The molecule has 0 N–H and O–H groups in total. The second-order valence-corrected chi connectivity index (χ2v) is 4.02. The second-order valence-electron chi connectivity index (χ2n) is 4.02. The first-order valence-corrected chi connectivity index (χ1v) is 5.60. The molecule has 0 saturated carbocycles. The number of nitro groups is 1. The Morgan fingerprint density at radius 1 is 1.59 bits per heavy atom. The number of nitrogens with zero attached hydrogens (tertiary/aromatic N) is 4. The highest BCUT2D eigenvalue weighted by atomic mass is 16.6. The standard InChI is InChI=1S/C11H18N4O2/c1-4-5-7-14-10(6-8-13(2)3)12-9-11(14)15(16)17/h6,8-9H,4-5,7H2,1-3H3. The quantitative estimate of drug-likeness (QED) is 0.562. The lowest BCUT2D eigenvalue weighted by Crippen LogP contribution is -2.06. The van der Waals surface area contributed by atoms with Gasteiger partial charge < -0.3 is 15.0 Å². The molecule has 0 radical (unpaired) electrons. The van der Waals surface area contributed by atoms with Crippen molar-refractivity contribution in [1.29, 1.82) is 0 Å². The minimum Gasteiger partial charge on any atom is -0.383 e. The van der Waals surface area contributed by atoms with Crippen molar-refractivity contribution < 1.29 is 4.92 Å². The van der Waals surface area contributed by atoms with Crippen LogP contribution in [0.15, 0.2) is 12.4 Å². The van der Waals surface area contributed by atoms with Gasteiger partial charge in [0.2, 0.25) is 5.82 Å². The van der Waals surface area contributed by atoms with E-state index in [-0.39, 0.29) is 5.82 Å². The maximum atomic E-state index is 10.8. The third kappa shape index (κ3) is 3.58. The molecule has 17 heavy (non-hydrogen) atoms. The van der Waals surface area contributed by atoms with Crippen molar-refractivity contribution in [3.63, 3.8) is 0 Å². The Kier molecular flexibility index (Phi) is 4.68. The Bertz CT molecular complexity index is 410. The van der Waals surface area contributed by atoms with Crippen LogP contribution in [0.25, 0.3) is 6.08 Å². The van der Waals surface area contributed by atoms with Crippen LogP contribution >= 0.6 is 0 Å². The van der Waals surface area contributed by atoms with Gasteiger partial charge in [-0.1, -0.05) is 13.3 Å². The molecule has 0 aromatic carbocycles. The zero-order chi connectivity index (χ0) is 12.8. The second kappa shape index (κ2) is 6.03. The van der Waals surface area contributed by atoms with Crippen LogP contribution in [0.4, 0.5) is 5.82 Å². The molecule has 0 aliphatic carbocycles. The van der Waals surface area contributed by atoms with E-state index in [2.05, 4.69) is 11.9 Å². The van der Waals surface area contributed by atoms with E-state index in [4.69, 9.17) is 0 Å². The molecule has 6 nitrogen and oxygen atoms in total. The molecule has 0 fully saturated rings. The summed E-state index contributed by atoms with van der Waals surface area (Å²) in [4.78, 5) is 16.4. The summed E-state index contributed by atoms with van der Waals surface area (Å²) in [6.07, 6.45) is 6.81. The average Bonchev–Trinajstić information content (AvgIpc) is 2.66. The Labute approximate surface area is 101 Å². The summed E-state index contributed by atoms with van der Waals surface area (Å²) in [5, 5.41) is 10.8. The molecule has 1 heterocycles. The first-order valence-electron chi connectivity index (χ1n) is 5.60. The molecule has 0 aliphatic heterocycles. The highest BCUT2D eigenvalue weighted by Gasteiger charge is 2.17. The van der Waals surface area contributed by atoms with Crippen molar-refractivity contribution in [3.05, 3.63) is 28.3 Å². The Balaban J connectivity index is 2.99. The van der Waals surface area contributed by atoms with Gasteiger partial charge in [-0.05, 0) is 11.3 Å². The zero-order valence-corrected chi connectivity index (χ0v) is 10.5. The fourth-order valence-electron chi connectivity index (χ4n) is 1.42. The van der Waals surface area contributed by atoms with E-state index < -0.39 is 4.92 Å². The Hall–Kier alpha value is -1.85. The predicted molar refractivity (Wildman–Crippen MR) is 66.5 cm³/mol. The summed E-state index contributed by atoms with van der Waals surface area (Å²) in [7, 11) is 3.79. The largest absolute Gasteiger partial charge is 0.383 e. The van der Waals surface area contributed by atoms with Crippen LogP contribution in [0.2, 0.25) is 0 Å². The third-order valence-corrected chi connectivity index (χ3v) is 2.31. The SMILES string of the molecule is CCCCn1c([N+](=O)[O-])cnc1C=CN(C)C. The zero-order valence-electron chi connectivity index (χ0n) is 10.5. The van der Waals surface area contributed by atoms with E-state index in [9.17, 15) is 10.1 Å². The molecule has 94 valence electrons. The minimum absolute atomic E-state index is 0.0526. The molecule has 0 spiro atoms. The van der Waals surface area contributed by atoms with Crippen molar-refractivity contribution in [1.82, 2.24) is 14.5 Å². The van der Waals surface area contributed by atoms with E-state index in [1.807, 2.05) is 25.2 Å². The monoisotopic (exact) mass is 238 g/mol. The van der Waals surface area contributed by atoms with Crippen molar-refractivity contribution in [2.45, 2.75) is 26.3 Å². The van der Waals surface area contributed by atoms with Crippen LogP contribution in [0.3, 0.4) is 0 Å². The first kappa shape index (κ1) is 13.2. The van der Waals surface area contributed by atoms with Crippen LogP contribution in [0.1, 0.15) is 25.6 Å². The van der Waals surface area contributed by atoms with Gasteiger partial charge in [0.15, 0.2) is 0 Å². The fraction of sp³-hybridized carbons (Fsp3) is 0.545. The van der Waals surface area contributed by atoms with Crippen LogP contribution in [-0.4, -0.2) is 33.5 Å². The summed E-state index contributed by atoms with van der Waals surface area (Å²) in [6, 6.07) is 0. The van der Waals surface area contributed by atoms with Crippen molar-refractivity contribution in [3.8, 4) is 0 Å². The molecule has 0 aliphatic rings. The molecule has 6 heteroatoms. The topological polar surface area (TPSA) is 64.2 Å². The fourth-order valence-corrected chi connectivity index (χ4v) is 1.42. The van der Waals surface area contributed by atoms with Gasteiger partial charge in [0.25, 0.3) is 0 Å². The Morgan fingerprint density at radius 2 is 2.29 bits per heavy atom. The molecule has 0 amide bonds. The van der Waals surface area contributed by atoms with E-state index in [0.717, 1.165) is 12.8 Å². The van der Waals surface area contributed by atoms with Crippen LogP contribution in [0, 0.1) is 10.1 Å². The third-order valence-electron chi connectivity index (χ3n) is 2.31. The molecule has 1 aromatic rings. The number of aromatic nitrogens is 2. The Morgan fingerprint density at radius 3 is 2.82 bits per heavy atom. The molecule has 1 aromatic heterocycles.